The SMILES string of the molecule is CC(C)(C)c1ccc(N2CCO[C@H]([C@@H](O)C(=O)Nc3ccc4c(c3)CNC4N)C2=O)cc1. The number of anilines is 2. The van der Waals surface area contributed by atoms with Crippen LogP contribution in [0.1, 0.15) is 43.6 Å². The van der Waals surface area contributed by atoms with Gasteiger partial charge in [0, 0.05) is 24.5 Å². The lowest BCUT2D eigenvalue weighted by Gasteiger charge is -2.34. The zero-order valence-electron chi connectivity index (χ0n) is 18.6. The van der Waals surface area contributed by atoms with E-state index in [1.54, 1.807) is 11.0 Å². The van der Waals surface area contributed by atoms with Crippen LogP contribution >= 0.6 is 0 Å². The van der Waals surface area contributed by atoms with Gasteiger partial charge in [-0.1, -0.05) is 39.0 Å². The molecule has 3 atom stereocenters. The Morgan fingerprint density at radius 3 is 2.66 bits per heavy atom. The molecule has 2 aromatic rings. The fraction of sp³-hybridized carbons (Fsp3) is 0.417. The summed E-state index contributed by atoms with van der Waals surface area (Å²) in [7, 11) is 0. The number of carbonyl (C=O) groups excluding carboxylic acids is 2. The van der Waals surface area contributed by atoms with Gasteiger partial charge < -0.3 is 25.8 Å². The highest BCUT2D eigenvalue weighted by molar-refractivity contribution is 6.03. The summed E-state index contributed by atoms with van der Waals surface area (Å²) in [6, 6.07) is 13.1. The van der Waals surface area contributed by atoms with Crippen LogP contribution in [0.5, 0.6) is 0 Å². The number of nitrogens with two attached hydrogens (primary N) is 1. The largest absolute Gasteiger partial charge is 0.380 e. The number of nitrogens with one attached hydrogen (secondary N) is 2. The third-order valence-electron chi connectivity index (χ3n) is 5.98. The van der Waals surface area contributed by atoms with Gasteiger partial charge >= 0.3 is 0 Å². The molecule has 2 aromatic carbocycles. The minimum absolute atomic E-state index is 0.00303. The normalized spacial score (nSPS) is 21.9. The van der Waals surface area contributed by atoms with Crippen molar-refractivity contribution in [2.45, 2.75) is 51.1 Å². The molecule has 2 aliphatic heterocycles. The number of rotatable bonds is 4. The third kappa shape index (κ3) is 4.40. The Bertz CT molecular complexity index is 1020. The Labute approximate surface area is 187 Å². The number of morpholine rings is 1. The molecule has 8 nitrogen and oxygen atoms in total. The van der Waals surface area contributed by atoms with Crippen LogP contribution in [0, 0.1) is 0 Å². The van der Waals surface area contributed by atoms with Crippen LogP contribution in [0.3, 0.4) is 0 Å². The fourth-order valence-corrected chi connectivity index (χ4v) is 4.05. The first-order chi connectivity index (χ1) is 15.1. The van der Waals surface area contributed by atoms with Gasteiger partial charge in [0.1, 0.15) is 0 Å². The summed E-state index contributed by atoms with van der Waals surface area (Å²) in [6.45, 7) is 7.56. The van der Waals surface area contributed by atoms with E-state index in [0.717, 1.165) is 16.7 Å². The molecule has 2 amide bonds. The second-order valence-corrected chi connectivity index (χ2v) is 9.28. The van der Waals surface area contributed by atoms with Crippen molar-refractivity contribution in [1.82, 2.24) is 5.32 Å². The Morgan fingerprint density at radius 2 is 1.97 bits per heavy atom. The highest BCUT2D eigenvalue weighted by Gasteiger charge is 2.39. The number of carbonyl (C=O) groups is 2. The van der Waals surface area contributed by atoms with E-state index in [-0.39, 0.29) is 18.2 Å². The number of aliphatic hydroxyl groups excluding tert-OH is 1. The Morgan fingerprint density at radius 1 is 1.25 bits per heavy atom. The van der Waals surface area contributed by atoms with Crippen LogP contribution in [0.25, 0.3) is 0 Å². The molecule has 0 aromatic heterocycles. The van der Waals surface area contributed by atoms with E-state index in [4.69, 9.17) is 10.5 Å². The molecule has 0 radical (unpaired) electrons. The van der Waals surface area contributed by atoms with Gasteiger partial charge in [0.2, 0.25) is 0 Å². The average molecular weight is 439 g/mol. The first-order valence-electron chi connectivity index (χ1n) is 10.8. The maximum Gasteiger partial charge on any atom is 0.259 e. The molecule has 0 aliphatic carbocycles. The predicted octanol–water partition coefficient (Wildman–Crippen LogP) is 1.78. The number of ether oxygens (including phenoxy) is 1. The Hall–Kier alpha value is -2.78. The third-order valence-corrected chi connectivity index (χ3v) is 5.98. The van der Waals surface area contributed by atoms with Gasteiger partial charge in [0.25, 0.3) is 11.8 Å². The van der Waals surface area contributed by atoms with Crippen LogP contribution in [0.15, 0.2) is 42.5 Å². The molecule has 0 bridgehead atoms. The van der Waals surface area contributed by atoms with Crippen molar-refractivity contribution >= 4 is 23.2 Å². The van der Waals surface area contributed by atoms with Crippen molar-refractivity contribution in [3.63, 3.8) is 0 Å². The molecule has 8 heteroatoms. The van der Waals surface area contributed by atoms with Gasteiger partial charge in [-0.2, -0.15) is 0 Å². The molecule has 0 saturated carbocycles. The van der Waals surface area contributed by atoms with E-state index in [2.05, 4.69) is 31.4 Å². The van der Waals surface area contributed by atoms with E-state index >= 15 is 0 Å². The molecule has 32 heavy (non-hydrogen) atoms. The smallest absolute Gasteiger partial charge is 0.259 e. The van der Waals surface area contributed by atoms with E-state index in [1.807, 2.05) is 36.4 Å². The topological polar surface area (TPSA) is 117 Å². The van der Waals surface area contributed by atoms with Crippen LogP contribution in [0.2, 0.25) is 0 Å². The summed E-state index contributed by atoms with van der Waals surface area (Å²) >= 11 is 0. The monoisotopic (exact) mass is 438 g/mol. The molecule has 2 aliphatic rings. The maximum absolute atomic E-state index is 13.0. The highest BCUT2D eigenvalue weighted by atomic mass is 16.5. The first-order valence-corrected chi connectivity index (χ1v) is 10.8. The maximum atomic E-state index is 13.0. The predicted molar refractivity (Wildman–Crippen MR) is 122 cm³/mol. The van der Waals surface area contributed by atoms with Crippen LogP contribution in [0.4, 0.5) is 11.4 Å². The highest BCUT2D eigenvalue weighted by Crippen LogP contribution is 2.27. The van der Waals surface area contributed by atoms with Crippen molar-refractivity contribution in [3.8, 4) is 0 Å². The first kappa shape index (κ1) is 22.4. The lowest BCUT2D eigenvalue weighted by Crippen LogP contribution is -2.55. The van der Waals surface area contributed by atoms with Crippen molar-refractivity contribution in [2.24, 2.45) is 5.73 Å². The lowest BCUT2D eigenvalue weighted by atomic mass is 9.87. The summed E-state index contributed by atoms with van der Waals surface area (Å²) in [5.74, 6) is -1.13. The van der Waals surface area contributed by atoms with Crippen LogP contribution in [-0.4, -0.2) is 42.3 Å². The van der Waals surface area contributed by atoms with E-state index in [0.29, 0.717) is 24.5 Å². The van der Waals surface area contributed by atoms with Crippen molar-refractivity contribution in [1.29, 1.82) is 0 Å². The zero-order valence-corrected chi connectivity index (χ0v) is 18.6. The molecular weight excluding hydrogens is 408 g/mol. The van der Waals surface area contributed by atoms with Crippen LogP contribution in [-0.2, 0) is 26.3 Å². The van der Waals surface area contributed by atoms with E-state index < -0.39 is 24.0 Å². The summed E-state index contributed by atoms with van der Waals surface area (Å²) in [6.07, 6.45) is -3.12. The van der Waals surface area contributed by atoms with Gasteiger partial charge in [-0.25, -0.2) is 0 Å². The van der Waals surface area contributed by atoms with E-state index in [1.165, 1.54) is 0 Å². The summed E-state index contributed by atoms with van der Waals surface area (Å²) in [4.78, 5) is 27.3. The number of hydrogen-bond donors (Lipinski definition) is 4. The number of benzene rings is 2. The molecule has 1 unspecified atom stereocenters. The van der Waals surface area contributed by atoms with Gasteiger partial charge in [-0.05, 0) is 46.4 Å². The minimum atomic E-state index is -1.63. The minimum Gasteiger partial charge on any atom is -0.380 e. The number of fused-ring (bicyclic) bond motifs is 1. The lowest BCUT2D eigenvalue weighted by molar-refractivity contribution is -0.150. The quantitative estimate of drug-likeness (QED) is 0.578. The number of aliphatic hydroxyl groups is 1. The average Bonchev–Trinajstić information content (AvgIpc) is 3.13. The Balaban J connectivity index is 1.45. The second kappa shape index (κ2) is 8.63. The number of amides is 2. The molecule has 1 saturated heterocycles. The molecule has 0 spiro atoms. The standard InChI is InChI=1S/C24H30N4O4/c1-24(2,3)15-4-7-17(8-5-15)28-10-11-32-20(23(28)31)19(29)22(30)27-16-6-9-18-14(12-16)13-26-21(18)25/h4-9,12,19-21,26,29H,10-11,13,25H2,1-3H3,(H,27,30)/t19-,20-,21?/m1/s1. The molecule has 170 valence electrons. The van der Waals surface area contributed by atoms with Crippen molar-refractivity contribution in [2.75, 3.05) is 23.4 Å². The van der Waals surface area contributed by atoms with Crippen molar-refractivity contribution in [3.05, 3.63) is 59.2 Å². The van der Waals surface area contributed by atoms with Gasteiger partial charge in [-0.3, -0.25) is 14.9 Å². The summed E-state index contributed by atoms with van der Waals surface area (Å²) in [5.41, 5.74) is 10.3. The van der Waals surface area contributed by atoms with Crippen LogP contribution < -0.4 is 21.3 Å². The van der Waals surface area contributed by atoms with Gasteiger partial charge in [-0.15, -0.1) is 0 Å². The van der Waals surface area contributed by atoms with E-state index in [9.17, 15) is 14.7 Å². The molecule has 5 N–H and O–H groups in total. The molecule has 2 heterocycles. The number of hydrogen-bond acceptors (Lipinski definition) is 6. The molecule has 4 rings (SSSR count). The van der Waals surface area contributed by atoms with Crippen molar-refractivity contribution < 1.29 is 19.4 Å². The molecular formula is C24H30N4O4. The molecule has 1 fully saturated rings. The van der Waals surface area contributed by atoms with Gasteiger partial charge in [0.15, 0.2) is 12.2 Å². The number of nitrogens with zero attached hydrogens (tertiary/aromatic N) is 1. The second-order valence-electron chi connectivity index (χ2n) is 9.28. The zero-order chi connectivity index (χ0) is 23.0. The Kier molecular flexibility index (Phi) is 6.05. The summed E-state index contributed by atoms with van der Waals surface area (Å²) in [5, 5.41) is 16.4. The summed E-state index contributed by atoms with van der Waals surface area (Å²) < 4.78 is 5.50. The van der Waals surface area contributed by atoms with Gasteiger partial charge in [0.05, 0.1) is 12.8 Å². The fourth-order valence-electron chi connectivity index (χ4n) is 4.05.